The van der Waals surface area contributed by atoms with Crippen molar-refractivity contribution in [3.05, 3.63) is 151 Å². The minimum Gasteiger partial charge on any atom is -0.494 e. The number of benzene rings is 1. The van der Waals surface area contributed by atoms with Gasteiger partial charge < -0.3 is 66.9 Å². The van der Waals surface area contributed by atoms with E-state index in [1.54, 1.807) is 94.7 Å². The lowest BCUT2D eigenvalue weighted by Gasteiger charge is -2.25. The number of hydrogen-bond acceptors (Lipinski definition) is 20. The molecular weight excluding hydrogens is 1180 g/mol. The van der Waals surface area contributed by atoms with E-state index in [1.165, 1.54) is 22.5 Å². The number of aliphatic hydroxyl groups is 1. The zero-order valence-corrected chi connectivity index (χ0v) is 48.8. The molecule has 0 aliphatic carbocycles. The number of alkyl halides is 2. The van der Waals surface area contributed by atoms with Crippen molar-refractivity contribution in [1.82, 2.24) is 54.7 Å². The molecular formula is C54H56BrClF2N20O6. The van der Waals surface area contributed by atoms with Crippen LogP contribution in [0.3, 0.4) is 0 Å². The lowest BCUT2D eigenvalue weighted by molar-refractivity contribution is -0.191. The number of aromatic nitrogens is 11. The van der Waals surface area contributed by atoms with Crippen molar-refractivity contribution < 1.29 is 37.7 Å². The van der Waals surface area contributed by atoms with Crippen LogP contribution in [-0.2, 0) is 37.3 Å². The van der Waals surface area contributed by atoms with Gasteiger partial charge >= 0.3 is 6.15 Å². The number of nitrogens with one attached hydrogen (secondary N) is 1. The molecule has 8 aromatic rings. The number of methoxy groups -OCH3 is 2. The van der Waals surface area contributed by atoms with Crippen LogP contribution in [0.25, 0.3) is 41.9 Å². The quantitative estimate of drug-likeness (QED) is 0.0577. The number of aryl methyl sites for hydroxylation is 2. The molecule has 0 saturated carbocycles. The first-order valence-corrected chi connectivity index (χ1v) is 25.6. The highest BCUT2D eigenvalue weighted by Gasteiger charge is 2.30. The van der Waals surface area contributed by atoms with Crippen molar-refractivity contribution in [2.45, 2.75) is 77.7 Å². The van der Waals surface area contributed by atoms with Gasteiger partial charge in [0.15, 0.2) is 17.2 Å². The molecule has 1 unspecified atom stereocenters. The highest BCUT2D eigenvalue weighted by atomic mass is 79.9. The Morgan fingerprint density at radius 3 is 1.83 bits per heavy atom. The van der Waals surface area contributed by atoms with E-state index in [2.05, 4.69) is 85.9 Å². The third-order valence-electron chi connectivity index (χ3n) is 11.5. The van der Waals surface area contributed by atoms with E-state index in [0.717, 1.165) is 24.0 Å². The Labute approximate surface area is 494 Å². The fourth-order valence-corrected chi connectivity index (χ4v) is 7.90. The first-order valence-electron chi connectivity index (χ1n) is 24.4. The second kappa shape index (κ2) is 30.8. The Balaban J connectivity index is 0.000000250. The number of pyridine rings is 5. The zero-order chi connectivity index (χ0) is 62.5. The molecule has 1 saturated heterocycles. The van der Waals surface area contributed by atoms with Crippen LogP contribution in [0.2, 0.25) is 5.15 Å². The molecule has 0 spiro atoms. The number of hydrogen-bond donors (Lipinski definition) is 6. The van der Waals surface area contributed by atoms with Gasteiger partial charge in [0, 0.05) is 59.6 Å². The maximum absolute atomic E-state index is 14.0. The molecule has 0 bridgehead atoms. The normalized spacial score (nSPS) is 12.3. The van der Waals surface area contributed by atoms with E-state index in [0.29, 0.717) is 92.3 Å². The van der Waals surface area contributed by atoms with Crippen LogP contribution in [0.15, 0.2) is 77.3 Å². The summed E-state index contributed by atoms with van der Waals surface area (Å²) in [6.07, 6.45) is -0.818. The van der Waals surface area contributed by atoms with Crippen LogP contribution in [0.1, 0.15) is 82.1 Å². The summed E-state index contributed by atoms with van der Waals surface area (Å²) in [4.78, 5) is 54.3. The highest BCUT2D eigenvalue weighted by Crippen LogP contribution is 2.40. The maximum Gasteiger partial charge on any atom is 0.373 e. The third-order valence-corrected chi connectivity index (χ3v) is 12.3. The predicted molar refractivity (Wildman–Crippen MR) is 313 cm³/mol. The van der Waals surface area contributed by atoms with Gasteiger partial charge in [-0.2, -0.15) is 14.4 Å². The topological polar surface area (TPSA) is 341 Å². The van der Waals surface area contributed by atoms with Gasteiger partial charge in [-0.15, -0.1) is 30.1 Å². The average molecular weight is 1230 g/mol. The van der Waals surface area contributed by atoms with Gasteiger partial charge in [-0.25, -0.2) is 18.7 Å². The lowest BCUT2D eigenvalue weighted by atomic mass is 9.99. The third kappa shape index (κ3) is 18.1. The van der Waals surface area contributed by atoms with Crippen molar-refractivity contribution in [3.8, 4) is 17.1 Å². The van der Waals surface area contributed by atoms with Crippen LogP contribution in [0, 0.1) is 33.2 Å². The minimum atomic E-state index is -2.81. The summed E-state index contributed by atoms with van der Waals surface area (Å²) in [5.74, 6) is 2.98. The number of halogens is 4. The Morgan fingerprint density at radius 1 is 0.798 bits per heavy atom. The summed E-state index contributed by atoms with van der Waals surface area (Å²) in [7, 11) is 4.78. The number of rotatable bonds is 9. The van der Waals surface area contributed by atoms with Gasteiger partial charge in [0.1, 0.15) is 16.9 Å². The number of tetrazole rings is 1. The fraction of sp³-hybridized carbons (Fsp3) is 0.296. The molecule has 1 atom stereocenters. The minimum absolute atomic E-state index is 0.124. The van der Waals surface area contributed by atoms with Gasteiger partial charge in [-0.1, -0.05) is 84.2 Å². The van der Waals surface area contributed by atoms with Gasteiger partial charge in [-0.05, 0) is 76.8 Å². The molecule has 436 valence electrons. The van der Waals surface area contributed by atoms with E-state index in [1.807, 2.05) is 20.8 Å². The first kappa shape index (κ1) is 66.7. The monoisotopic (exact) mass is 1230 g/mol. The molecule has 7 aromatic heterocycles. The Morgan fingerprint density at radius 2 is 1.35 bits per heavy atom. The van der Waals surface area contributed by atoms with E-state index in [-0.39, 0.29) is 28.3 Å². The van der Waals surface area contributed by atoms with Crippen LogP contribution in [0.5, 0.6) is 5.75 Å². The van der Waals surface area contributed by atoms with Gasteiger partial charge in [0.25, 0.3) is 29.7 Å². The summed E-state index contributed by atoms with van der Waals surface area (Å²) < 4.78 is 46.7. The van der Waals surface area contributed by atoms with Crippen LogP contribution >= 0.6 is 27.5 Å². The van der Waals surface area contributed by atoms with Crippen LogP contribution in [-0.4, -0.2) is 86.8 Å². The smallest absolute Gasteiger partial charge is 0.373 e. The summed E-state index contributed by atoms with van der Waals surface area (Å²) >= 11 is 9.47. The van der Waals surface area contributed by atoms with Crippen molar-refractivity contribution >= 4 is 103 Å². The largest absolute Gasteiger partial charge is 0.494 e. The SMILES string of the molecule is COc1c(Nc2cc(Cl)nc3c2nc(C(F)F)n3C2CCCCO2)cccc1-c1nnn(C)n1.O=C=O.[C-]#[N+]c1nc(N)ccc1Br.[C-]#[N+]c1nc(N)ccc1C.[C-]#[N+]c1nc(N)ccc1C(C)(C)O.[C-]#[N+]c1nc(N)ccc1C(C)(C)OC. The van der Waals surface area contributed by atoms with E-state index in [9.17, 15) is 13.9 Å². The molecule has 84 heavy (non-hydrogen) atoms. The molecule has 26 nitrogen and oxygen atoms in total. The molecule has 9 rings (SSSR count). The van der Waals surface area contributed by atoms with Crippen molar-refractivity contribution in [1.29, 1.82) is 0 Å². The van der Waals surface area contributed by atoms with Crippen LogP contribution < -0.4 is 33.0 Å². The number of nitrogens with two attached hydrogens (primary N) is 4. The Bertz CT molecular complexity index is 3720. The molecule has 0 radical (unpaired) electrons. The molecule has 1 aliphatic rings. The van der Waals surface area contributed by atoms with Crippen molar-refractivity contribution in [2.75, 3.05) is 49.1 Å². The summed E-state index contributed by atoms with van der Waals surface area (Å²) in [5, 5.41) is 25.1. The standard InChI is InChI=1S/C21H21ClF2N8O2.C10H13N3O.C9H11N3O.C7H7N3.C6H4BrN3.CO2/c1-31-29-19(28-30-31)11-6-5-7-12(17(11)33-2)25-13-10-14(22)26-20-16(13)27-21(18(23)24)32(20)15-8-3-4-9-34-15;1-10(2,14-4)7-5-6-8(11)13-9(7)12-3;1-9(2,13)6-4-5-7(10)12-8(6)11-3;1-5-3-4-6(8)10-7(5)9-2;1-9-6-4(7)2-3-5(8)10-6;2-1-3/h5-7,10,15,18H,3-4,8-9H2,1-2H3,(H,25,26);5-6H,1-2,4H3,(H2,11,13);4-5,13H,1-2H3,(H2,10,12);3-4H,1H3,(H2,8,10);2-3H,(H2,8,10);. The second-order valence-electron chi connectivity index (χ2n) is 18.2. The average Bonchev–Trinajstić information content (AvgIpc) is 2.03. The van der Waals surface area contributed by atoms with E-state index >= 15 is 0 Å². The van der Waals surface area contributed by atoms with Gasteiger partial charge in [0.05, 0.1) is 42.3 Å². The molecule has 1 aliphatic heterocycles. The number of ether oxygens (including phenoxy) is 3. The van der Waals surface area contributed by atoms with E-state index < -0.39 is 29.7 Å². The first-order chi connectivity index (χ1) is 39.8. The fourth-order valence-electron chi connectivity index (χ4n) is 7.40. The molecule has 30 heteroatoms. The molecule has 10 N–H and O–H groups in total. The number of anilines is 6. The molecule has 1 aromatic carbocycles. The lowest BCUT2D eigenvalue weighted by Crippen LogP contribution is -2.20. The number of nitrogens with zero attached hydrogens (tertiary/aromatic N) is 15. The number of carbonyl (C=O) groups excluding carboxylic acids is 2. The summed E-state index contributed by atoms with van der Waals surface area (Å²) in [6.45, 7) is 36.5. The molecule has 1 fully saturated rings. The Kier molecular flexibility index (Phi) is 24.5. The van der Waals surface area contributed by atoms with E-state index in [4.69, 9.17) is 84.6 Å². The molecule has 0 amide bonds. The predicted octanol–water partition coefficient (Wildman–Crippen LogP) is 11.1. The number of fused-ring (bicyclic) bond motifs is 1. The van der Waals surface area contributed by atoms with Crippen LogP contribution in [0.4, 0.5) is 66.7 Å². The van der Waals surface area contributed by atoms with Gasteiger partial charge in [-0.3, -0.25) is 4.57 Å². The maximum atomic E-state index is 14.0. The summed E-state index contributed by atoms with van der Waals surface area (Å²) in [6, 6.07) is 20.3. The molecule has 8 heterocycles. The van der Waals surface area contributed by atoms with Crippen molar-refractivity contribution in [3.63, 3.8) is 0 Å². The van der Waals surface area contributed by atoms with Gasteiger partial charge in [0.2, 0.25) is 29.1 Å². The van der Waals surface area contributed by atoms with Crippen molar-refractivity contribution in [2.24, 2.45) is 7.05 Å². The number of nitrogen functional groups attached to an aromatic ring is 4. The second-order valence-corrected chi connectivity index (χ2v) is 19.4. The zero-order valence-electron chi connectivity index (χ0n) is 46.4. The highest BCUT2D eigenvalue weighted by molar-refractivity contribution is 9.10. The Hall–Kier alpha value is -9.84. The number of imidazole rings is 1. The number of para-hydroxylation sites is 1. The summed E-state index contributed by atoms with van der Waals surface area (Å²) in [5.41, 5.74) is 24.1.